The molecular weight excluding hydrogens is 422 g/mol. The van der Waals surface area contributed by atoms with Crippen molar-refractivity contribution in [1.82, 2.24) is 24.5 Å². The maximum atomic E-state index is 5.59. The van der Waals surface area contributed by atoms with E-state index in [2.05, 4.69) is 44.1 Å². The van der Waals surface area contributed by atoms with Gasteiger partial charge in [-0.3, -0.25) is 4.57 Å². The molecule has 0 spiro atoms. The molecule has 0 saturated carbocycles. The Morgan fingerprint density at radius 2 is 1.81 bits per heavy atom. The summed E-state index contributed by atoms with van der Waals surface area (Å²) in [6.07, 6.45) is 5.39. The Balaban J connectivity index is 1.38. The summed E-state index contributed by atoms with van der Waals surface area (Å²) in [4.78, 5) is 0. The number of thioether (sulfide) groups is 1. The van der Waals surface area contributed by atoms with Gasteiger partial charge >= 0.3 is 0 Å². The summed E-state index contributed by atoms with van der Waals surface area (Å²) in [6.45, 7) is 0.557. The minimum absolute atomic E-state index is 0.557. The fourth-order valence-electron chi connectivity index (χ4n) is 3.36. The summed E-state index contributed by atoms with van der Waals surface area (Å²) in [5, 5.41) is 14.1. The Bertz CT molecular complexity index is 1260. The standard InChI is InChI=1S/C24H21N5O2S/c1-30-21-11-7-19(8-12-21)23-26-27-24(28(23)16-22-4-2-15-31-22)32-17-18-5-9-20(10-6-18)29-14-3-13-25-29/h2-15H,16-17H2,1H3. The van der Waals surface area contributed by atoms with E-state index in [-0.39, 0.29) is 0 Å². The predicted molar refractivity (Wildman–Crippen MR) is 123 cm³/mol. The molecule has 3 aromatic heterocycles. The van der Waals surface area contributed by atoms with E-state index in [4.69, 9.17) is 9.15 Å². The Hall–Kier alpha value is -3.78. The van der Waals surface area contributed by atoms with Crippen molar-refractivity contribution >= 4 is 11.8 Å². The Morgan fingerprint density at radius 1 is 0.969 bits per heavy atom. The van der Waals surface area contributed by atoms with Gasteiger partial charge in [0.25, 0.3) is 0 Å². The molecule has 32 heavy (non-hydrogen) atoms. The average Bonchev–Trinajstić information content (AvgIpc) is 3.61. The monoisotopic (exact) mass is 443 g/mol. The highest BCUT2D eigenvalue weighted by molar-refractivity contribution is 7.98. The summed E-state index contributed by atoms with van der Waals surface area (Å²) in [5.74, 6) is 3.22. The van der Waals surface area contributed by atoms with Crippen molar-refractivity contribution in [2.45, 2.75) is 17.5 Å². The number of nitrogens with zero attached hydrogens (tertiary/aromatic N) is 5. The average molecular weight is 444 g/mol. The zero-order valence-corrected chi connectivity index (χ0v) is 18.3. The molecule has 0 atom stereocenters. The maximum Gasteiger partial charge on any atom is 0.192 e. The summed E-state index contributed by atoms with van der Waals surface area (Å²) in [7, 11) is 1.66. The van der Waals surface area contributed by atoms with Crippen LogP contribution in [-0.2, 0) is 12.3 Å². The molecule has 0 fully saturated rings. The molecule has 8 heteroatoms. The van der Waals surface area contributed by atoms with Gasteiger partial charge in [-0.2, -0.15) is 5.10 Å². The summed E-state index contributed by atoms with van der Waals surface area (Å²) >= 11 is 1.65. The van der Waals surface area contributed by atoms with Crippen LogP contribution in [-0.4, -0.2) is 31.7 Å². The Kier molecular flexibility index (Phi) is 5.76. The van der Waals surface area contributed by atoms with Crippen molar-refractivity contribution in [3.8, 4) is 22.8 Å². The third-order valence-electron chi connectivity index (χ3n) is 5.03. The maximum absolute atomic E-state index is 5.59. The lowest BCUT2D eigenvalue weighted by Crippen LogP contribution is -2.03. The number of aromatic nitrogens is 5. The third kappa shape index (κ3) is 4.31. The molecule has 0 aliphatic carbocycles. The quantitative estimate of drug-likeness (QED) is 0.312. The summed E-state index contributed by atoms with van der Waals surface area (Å²) in [5.41, 5.74) is 3.20. The number of ether oxygens (including phenoxy) is 1. The van der Waals surface area contributed by atoms with Crippen LogP contribution in [0.2, 0.25) is 0 Å². The van der Waals surface area contributed by atoms with Crippen LogP contribution in [0.3, 0.4) is 0 Å². The van der Waals surface area contributed by atoms with E-state index >= 15 is 0 Å². The van der Waals surface area contributed by atoms with E-state index in [0.29, 0.717) is 6.54 Å². The number of benzene rings is 2. The molecule has 0 radical (unpaired) electrons. The molecule has 7 nitrogen and oxygen atoms in total. The van der Waals surface area contributed by atoms with Crippen molar-refractivity contribution in [2.75, 3.05) is 7.11 Å². The van der Waals surface area contributed by atoms with Crippen LogP contribution in [0, 0.1) is 0 Å². The first kappa shape index (κ1) is 20.1. The molecule has 0 aliphatic heterocycles. The lowest BCUT2D eigenvalue weighted by Gasteiger charge is -2.10. The normalized spacial score (nSPS) is 11.0. The van der Waals surface area contributed by atoms with Gasteiger partial charge in [-0.15, -0.1) is 10.2 Å². The van der Waals surface area contributed by atoms with Crippen LogP contribution in [0.15, 0.2) is 95.0 Å². The van der Waals surface area contributed by atoms with E-state index in [1.807, 2.05) is 53.3 Å². The van der Waals surface area contributed by atoms with Crippen molar-refractivity contribution in [3.05, 3.63) is 96.7 Å². The zero-order chi connectivity index (χ0) is 21.8. The number of furan rings is 1. The fourth-order valence-corrected chi connectivity index (χ4v) is 4.26. The first-order valence-electron chi connectivity index (χ1n) is 10.1. The van der Waals surface area contributed by atoms with Crippen LogP contribution >= 0.6 is 11.8 Å². The Morgan fingerprint density at radius 3 is 2.50 bits per heavy atom. The highest BCUT2D eigenvalue weighted by Gasteiger charge is 2.16. The minimum atomic E-state index is 0.557. The second kappa shape index (κ2) is 9.15. The second-order valence-electron chi connectivity index (χ2n) is 7.11. The molecular formula is C24H21N5O2S. The smallest absolute Gasteiger partial charge is 0.192 e. The number of hydrogen-bond acceptors (Lipinski definition) is 6. The summed E-state index contributed by atoms with van der Waals surface area (Å²) < 4.78 is 14.8. The number of rotatable bonds is 8. The molecule has 5 aromatic rings. The highest BCUT2D eigenvalue weighted by Crippen LogP contribution is 2.28. The van der Waals surface area contributed by atoms with Gasteiger partial charge in [0, 0.05) is 23.7 Å². The predicted octanol–water partition coefficient (Wildman–Crippen LogP) is 5.07. The zero-order valence-electron chi connectivity index (χ0n) is 17.5. The molecule has 0 bridgehead atoms. The van der Waals surface area contributed by atoms with Crippen molar-refractivity contribution in [1.29, 1.82) is 0 Å². The molecule has 0 unspecified atom stereocenters. The van der Waals surface area contributed by atoms with Gasteiger partial charge in [0.15, 0.2) is 11.0 Å². The van der Waals surface area contributed by atoms with Gasteiger partial charge in [-0.05, 0) is 60.2 Å². The SMILES string of the molecule is COc1ccc(-c2nnc(SCc3ccc(-n4cccn4)cc3)n2Cc2ccco2)cc1. The van der Waals surface area contributed by atoms with E-state index in [1.54, 1.807) is 31.3 Å². The lowest BCUT2D eigenvalue weighted by molar-refractivity contribution is 0.415. The van der Waals surface area contributed by atoms with Crippen LogP contribution in [0.25, 0.3) is 17.1 Å². The van der Waals surface area contributed by atoms with Gasteiger partial charge in [0.2, 0.25) is 0 Å². The van der Waals surface area contributed by atoms with Gasteiger partial charge in [0.05, 0.1) is 25.6 Å². The molecule has 0 saturated heterocycles. The first-order valence-corrected chi connectivity index (χ1v) is 11.1. The fraction of sp³-hybridized carbons (Fsp3) is 0.125. The minimum Gasteiger partial charge on any atom is -0.497 e. The summed E-state index contributed by atoms with van der Waals surface area (Å²) in [6, 6.07) is 22.0. The van der Waals surface area contributed by atoms with Gasteiger partial charge in [-0.1, -0.05) is 23.9 Å². The van der Waals surface area contributed by atoms with Gasteiger partial charge in [0.1, 0.15) is 11.5 Å². The van der Waals surface area contributed by atoms with Crippen LogP contribution in [0.4, 0.5) is 0 Å². The number of hydrogen-bond donors (Lipinski definition) is 0. The second-order valence-corrected chi connectivity index (χ2v) is 8.05. The molecule has 5 rings (SSSR count). The van der Waals surface area contributed by atoms with Crippen molar-refractivity contribution < 1.29 is 9.15 Å². The van der Waals surface area contributed by atoms with Crippen LogP contribution in [0.1, 0.15) is 11.3 Å². The first-order chi connectivity index (χ1) is 15.8. The molecule has 2 aromatic carbocycles. The van der Waals surface area contributed by atoms with Gasteiger partial charge < -0.3 is 9.15 Å². The van der Waals surface area contributed by atoms with E-state index in [9.17, 15) is 0 Å². The Labute approximate surface area is 189 Å². The molecule has 0 N–H and O–H groups in total. The van der Waals surface area contributed by atoms with E-state index in [0.717, 1.165) is 39.5 Å². The van der Waals surface area contributed by atoms with Crippen LogP contribution in [0.5, 0.6) is 5.75 Å². The molecule has 3 heterocycles. The molecule has 0 amide bonds. The van der Waals surface area contributed by atoms with Crippen molar-refractivity contribution in [2.24, 2.45) is 0 Å². The third-order valence-corrected chi connectivity index (χ3v) is 6.07. The number of methoxy groups -OCH3 is 1. The van der Waals surface area contributed by atoms with E-state index < -0.39 is 0 Å². The largest absolute Gasteiger partial charge is 0.497 e. The highest BCUT2D eigenvalue weighted by atomic mass is 32.2. The van der Waals surface area contributed by atoms with E-state index in [1.165, 1.54) is 5.56 Å². The van der Waals surface area contributed by atoms with Crippen LogP contribution < -0.4 is 4.74 Å². The lowest BCUT2D eigenvalue weighted by atomic mass is 10.2. The van der Waals surface area contributed by atoms with Crippen molar-refractivity contribution in [3.63, 3.8) is 0 Å². The molecule has 160 valence electrons. The topological polar surface area (TPSA) is 70.9 Å². The molecule has 0 aliphatic rings. The van der Waals surface area contributed by atoms with Gasteiger partial charge in [-0.25, -0.2) is 4.68 Å².